The average Bonchev–Trinajstić information content (AvgIpc) is 2.74. The van der Waals surface area contributed by atoms with Gasteiger partial charge in [0, 0.05) is 18.0 Å². The number of carbonyl (C=O) groups is 1. The van der Waals surface area contributed by atoms with Crippen LogP contribution >= 0.6 is 0 Å². The Labute approximate surface area is 127 Å². The lowest BCUT2D eigenvalue weighted by molar-refractivity contribution is 0.0988. The van der Waals surface area contributed by atoms with E-state index in [1.54, 1.807) is 19.1 Å². The maximum Gasteiger partial charge on any atom is 0.240 e. The Bertz CT molecular complexity index is 570. The summed E-state index contributed by atoms with van der Waals surface area (Å²) in [4.78, 5) is 11.8. The van der Waals surface area contributed by atoms with Crippen molar-refractivity contribution in [2.45, 2.75) is 62.8 Å². The van der Waals surface area contributed by atoms with Crippen LogP contribution in [0.2, 0.25) is 0 Å². The van der Waals surface area contributed by atoms with E-state index in [1.807, 2.05) is 0 Å². The van der Waals surface area contributed by atoms with Gasteiger partial charge in [-0.3, -0.25) is 4.79 Å². The van der Waals surface area contributed by atoms with Crippen molar-refractivity contribution in [1.82, 2.24) is 4.72 Å². The molecule has 116 valence electrons. The van der Waals surface area contributed by atoms with Crippen LogP contribution in [0.4, 0.5) is 0 Å². The van der Waals surface area contributed by atoms with Crippen molar-refractivity contribution in [3.63, 3.8) is 0 Å². The fourth-order valence-corrected chi connectivity index (χ4v) is 4.01. The summed E-state index contributed by atoms with van der Waals surface area (Å²) < 4.78 is 27.5. The molecule has 1 aliphatic carbocycles. The van der Waals surface area contributed by atoms with Crippen LogP contribution in [-0.4, -0.2) is 20.2 Å². The summed E-state index contributed by atoms with van der Waals surface area (Å²) in [6.07, 6.45) is 6.77. The standard InChI is InChI=1S/C16H23NO3S/c1-2-16(18)13-9-11-15(12-10-13)21(19,20)17-14-7-5-3-4-6-8-14/h9-12,14,17H,2-8H2,1H3. The largest absolute Gasteiger partial charge is 0.294 e. The van der Waals surface area contributed by atoms with Crippen molar-refractivity contribution in [1.29, 1.82) is 0 Å². The predicted molar refractivity (Wildman–Crippen MR) is 82.9 cm³/mol. The van der Waals surface area contributed by atoms with Crippen LogP contribution < -0.4 is 4.72 Å². The molecule has 0 radical (unpaired) electrons. The Hall–Kier alpha value is -1.20. The average molecular weight is 309 g/mol. The first kappa shape index (κ1) is 16.2. The normalized spacial score (nSPS) is 17.4. The number of hydrogen-bond donors (Lipinski definition) is 1. The highest BCUT2D eigenvalue weighted by Gasteiger charge is 2.21. The van der Waals surface area contributed by atoms with Crippen LogP contribution in [0.3, 0.4) is 0 Å². The number of sulfonamides is 1. The van der Waals surface area contributed by atoms with E-state index in [4.69, 9.17) is 0 Å². The summed E-state index contributed by atoms with van der Waals surface area (Å²) in [6.45, 7) is 1.79. The minimum Gasteiger partial charge on any atom is -0.294 e. The molecule has 1 saturated carbocycles. The first-order valence-corrected chi connectivity index (χ1v) is 9.17. The molecule has 4 nitrogen and oxygen atoms in total. The lowest BCUT2D eigenvalue weighted by atomic mass is 10.1. The Morgan fingerprint density at radius 3 is 2.19 bits per heavy atom. The molecule has 1 aromatic rings. The highest BCUT2D eigenvalue weighted by molar-refractivity contribution is 7.89. The van der Waals surface area contributed by atoms with Crippen LogP contribution in [-0.2, 0) is 10.0 Å². The number of nitrogens with one attached hydrogen (secondary N) is 1. The van der Waals surface area contributed by atoms with E-state index < -0.39 is 10.0 Å². The van der Waals surface area contributed by atoms with Crippen LogP contribution in [0.1, 0.15) is 62.2 Å². The fourth-order valence-electron chi connectivity index (χ4n) is 2.71. The van der Waals surface area contributed by atoms with Gasteiger partial charge in [-0.25, -0.2) is 13.1 Å². The Morgan fingerprint density at radius 1 is 1.10 bits per heavy atom. The van der Waals surface area contributed by atoms with Gasteiger partial charge in [-0.05, 0) is 25.0 Å². The SMILES string of the molecule is CCC(=O)c1ccc(S(=O)(=O)NC2CCCCCC2)cc1. The van der Waals surface area contributed by atoms with Crippen molar-refractivity contribution < 1.29 is 13.2 Å². The van der Waals surface area contributed by atoms with E-state index in [0.717, 1.165) is 25.7 Å². The molecule has 1 aromatic carbocycles. The van der Waals surface area contributed by atoms with Crippen molar-refractivity contribution >= 4 is 15.8 Å². The summed E-state index contributed by atoms with van der Waals surface area (Å²) >= 11 is 0. The molecular weight excluding hydrogens is 286 g/mol. The second-order valence-corrected chi connectivity index (χ2v) is 7.32. The van der Waals surface area contributed by atoms with Crippen molar-refractivity contribution in [2.75, 3.05) is 0 Å². The first-order chi connectivity index (χ1) is 10.0. The summed E-state index contributed by atoms with van der Waals surface area (Å²) in [7, 11) is -3.49. The second-order valence-electron chi connectivity index (χ2n) is 5.61. The van der Waals surface area contributed by atoms with Gasteiger partial charge in [0.05, 0.1) is 4.90 Å². The molecule has 5 heteroatoms. The van der Waals surface area contributed by atoms with Crippen molar-refractivity contribution in [2.24, 2.45) is 0 Å². The Kier molecular flexibility index (Phi) is 5.53. The quantitative estimate of drug-likeness (QED) is 0.670. The van der Waals surface area contributed by atoms with Crippen LogP contribution in [0.15, 0.2) is 29.2 Å². The molecule has 0 aliphatic heterocycles. The molecule has 0 unspecified atom stereocenters. The number of rotatable bonds is 5. The topological polar surface area (TPSA) is 63.2 Å². The molecule has 0 amide bonds. The molecule has 21 heavy (non-hydrogen) atoms. The molecule has 1 aliphatic rings. The van der Waals surface area contributed by atoms with Crippen LogP contribution in [0.25, 0.3) is 0 Å². The summed E-state index contributed by atoms with van der Waals surface area (Å²) in [5, 5.41) is 0. The van der Waals surface area contributed by atoms with Gasteiger partial charge in [0.1, 0.15) is 0 Å². The maximum atomic E-state index is 12.4. The van der Waals surface area contributed by atoms with Gasteiger partial charge >= 0.3 is 0 Å². The lowest BCUT2D eigenvalue weighted by Gasteiger charge is -2.16. The molecular formula is C16H23NO3S. The van der Waals surface area contributed by atoms with E-state index in [0.29, 0.717) is 12.0 Å². The molecule has 0 bridgehead atoms. The fraction of sp³-hybridized carbons (Fsp3) is 0.562. The third-order valence-electron chi connectivity index (χ3n) is 3.98. The zero-order valence-electron chi connectivity index (χ0n) is 12.5. The van der Waals surface area contributed by atoms with Gasteiger partial charge in [0.15, 0.2) is 5.78 Å². The molecule has 0 saturated heterocycles. The van der Waals surface area contributed by atoms with Gasteiger partial charge in [0.25, 0.3) is 0 Å². The van der Waals surface area contributed by atoms with E-state index in [1.165, 1.54) is 25.0 Å². The van der Waals surface area contributed by atoms with E-state index >= 15 is 0 Å². The number of benzene rings is 1. The third-order valence-corrected chi connectivity index (χ3v) is 5.52. The molecule has 0 heterocycles. The lowest BCUT2D eigenvalue weighted by Crippen LogP contribution is -2.34. The molecule has 2 rings (SSSR count). The monoisotopic (exact) mass is 309 g/mol. The summed E-state index contributed by atoms with van der Waals surface area (Å²) in [5.74, 6) is 0.0238. The number of ketones is 1. The Morgan fingerprint density at radius 2 is 1.67 bits per heavy atom. The van der Waals surface area contributed by atoms with Gasteiger partial charge in [-0.2, -0.15) is 0 Å². The van der Waals surface area contributed by atoms with Gasteiger partial charge in [-0.15, -0.1) is 0 Å². The van der Waals surface area contributed by atoms with Gasteiger partial charge < -0.3 is 0 Å². The maximum absolute atomic E-state index is 12.4. The van der Waals surface area contributed by atoms with Crippen molar-refractivity contribution in [3.05, 3.63) is 29.8 Å². The Balaban J connectivity index is 2.09. The molecule has 1 N–H and O–H groups in total. The van der Waals surface area contributed by atoms with Gasteiger partial charge in [-0.1, -0.05) is 44.7 Å². The summed E-state index contributed by atoms with van der Waals surface area (Å²) in [5.41, 5.74) is 0.561. The van der Waals surface area contributed by atoms with E-state index in [2.05, 4.69) is 4.72 Å². The minimum atomic E-state index is -3.49. The van der Waals surface area contributed by atoms with Gasteiger partial charge in [0.2, 0.25) is 10.0 Å². The second kappa shape index (κ2) is 7.18. The highest BCUT2D eigenvalue weighted by Crippen LogP contribution is 2.20. The summed E-state index contributed by atoms with van der Waals surface area (Å²) in [6, 6.07) is 6.25. The zero-order valence-corrected chi connectivity index (χ0v) is 13.3. The number of carbonyl (C=O) groups excluding carboxylic acids is 1. The van der Waals surface area contributed by atoms with E-state index in [9.17, 15) is 13.2 Å². The molecule has 0 spiro atoms. The molecule has 1 fully saturated rings. The van der Waals surface area contributed by atoms with Crippen molar-refractivity contribution in [3.8, 4) is 0 Å². The highest BCUT2D eigenvalue weighted by atomic mass is 32.2. The molecule has 0 aromatic heterocycles. The van der Waals surface area contributed by atoms with Crippen LogP contribution in [0, 0.1) is 0 Å². The van der Waals surface area contributed by atoms with E-state index in [-0.39, 0.29) is 16.7 Å². The number of Topliss-reactive ketones (excluding diaryl/α,β-unsaturated/α-hetero) is 1. The number of hydrogen-bond acceptors (Lipinski definition) is 3. The predicted octanol–water partition coefficient (Wildman–Crippen LogP) is 3.28. The first-order valence-electron chi connectivity index (χ1n) is 7.68. The zero-order chi connectivity index (χ0) is 15.3. The van der Waals surface area contributed by atoms with Crippen LogP contribution in [0.5, 0.6) is 0 Å². The smallest absolute Gasteiger partial charge is 0.240 e. The minimum absolute atomic E-state index is 0.0238. The molecule has 0 atom stereocenters. The third kappa shape index (κ3) is 4.38.